The zero-order valence-corrected chi connectivity index (χ0v) is 13.3. The Hall–Kier alpha value is -1.07. The molecular weight excluding hydrogens is 290 g/mol. The Morgan fingerprint density at radius 3 is 2.90 bits per heavy atom. The van der Waals surface area contributed by atoms with E-state index >= 15 is 0 Å². The summed E-state index contributed by atoms with van der Waals surface area (Å²) in [5.41, 5.74) is 0. The third kappa shape index (κ3) is 2.69. The van der Waals surface area contributed by atoms with Crippen molar-refractivity contribution in [1.29, 1.82) is 0 Å². The number of hydrogen-bond donors (Lipinski definition) is 0. The Kier molecular flexibility index (Phi) is 4.22. The molecule has 0 amide bonds. The summed E-state index contributed by atoms with van der Waals surface area (Å²) in [6.07, 6.45) is 7.48. The van der Waals surface area contributed by atoms with Gasteiger partial charge in [-0.2, -0.15) is 0 Å². The lowest BCUT2D eigenvalue weighted by atomic mass is 9.85. The maximum atomic E-state index is 12.1. The molecule has 116 valence electrons. The van der Waals surface area contributed by atoms with Gasteiger partial charge in [-0.25, -0.2) is 4.98 Å². The van der Waals surface area contributed by atoms with Crippen molar-refractivity contribution in [3.63, 3.8) is 0 Å². The Morgan fingerprint density at radius 1 is 1.48 bits per heavy atom. The number of esters is 1. The fourth-order valence-corrected chi connectivity index (χ4v) is 4.03. The zero-order chi connectivity index (χ0) is 15.0. The molecule has 2 aliphatic rings. The number of ether oxygens (including phenoxy) is 1. The van der Waals surface area contributed by atoms with Gasteiger partial charge in [0, 0.05) is 13.1 Å². The highest BCUT2D eigenvalue weighted by Crippen LogP contribution is 2.40. The van der Waals surface area contributed by atoms with Crippen molar-refractivity contribution in [1.82, 2.24) is 14.5 Å². The predicted octanol–water partition coefficient (Wildman–Crippen LogP) is 2.38. The van der Waals surface area contributed by atoms with Crippen molar-refractivity contribution in [2.45, 2.75) is 50.7 Å². The summed E-state index contributed by atoms with van der Waals surface area (Å²) < 4.78 is 6.89. The molecule has 0 aromatic carbocycles. The maximum Gasteiger partial charge on any atom is 0.323 e. The molecule has 3 atom stereocenters. The van der Waals surface area contributed by atoms with Crippen LogP contribution in [0.5, 0.6) is 0 Å². The van der Waals surface area contributed by atoms with Crippen molar-refractivity contribution in [2.24, 2.45) is 13.0 Å². The van der Waals surface area contributed by atoms with E-state index in [1.54, 1.807) is 6.20 Å². The second kappa shape index (κ2) is 5.97. The van der Waals surface area contributed by atoms with Gasteiger partial charge < -0.3 is 9.30 Å². The standard InChI is InChI=1S/C15H22ClN3O2/c1-18-13(16)8-17-14(18)9-19-11-6-4-3-5-10(11)7-12(19)15(20)21-2/h8,10-12H,3-7,9H2,1-2H3/t10-,11-,12-/m0/s1. The van der Waals surface area contributed by atoms with E-state index in [9.17, 15) is 4.79 Å². The Bertz CT molecular complexity index is 531. The number of likely N-dealkylation sites (tertiary alicyclic amines) is 1. The number of imidazole rings is 1. The van der Waals surface area contributed by atoms with Gasteiger partial charge in [0.25, 0.3) is 0 Å². The lowest BCUT2D eigenvalue weighted by molar-refractivity contribution is -0.146. The number of carbonyl (C=O) groups is 1. The summed E-state index contributed by atoms with van der Waals surface area (Å²) in [4.78, 5) is 18.8. The lowest BCUT2D eigenvalue weighted by Gasteiger charge is -2.32. The average molecular weight is 312 g/mol. The number of rotatable bonds is 3. The van der Waals surface area contributed by atoms with Crippen LogP contribution in [0.25, 0.3) is 0 Å². The van der Waals surface area contributed by atoms with E-state index in [-0.39, 0.29) is 12.0 Å². The molecule has 2 fully saturated rings. The molecule has 1 aliphatic heterocycles. The van der Waals surface area contributed by atoms with Gasteiger partial charge in [0.15, 0.2) is 0 Å². The predicted molar refractivity (Wildman–Crippen MR) is 79.9 cm³/mol. The molecular formula is C15H22ClN3O2. The average Bonchev–Trinajstić information content (AvgIpc) is 3.02. The van der Waals surface area contributed by atoms with E-state index in [0.717, 1.165) is 18.7 Å². The normalized spacial score (nSPS) is 29.4. The fraction of sp³-hybridized carbons (Fsp3) is 0.733. The first-order valence-corrected chi connectivity index (χ1v) is 7.99. The number of halogens is 1. The monoisotopic (exact) mass is 311 g/mol. The van der Waals surface area contributed by atoms with Crippen molar-refractivity contribution < 1.29 is 9.53 Å². The van der Waals surface area contributed by atoms with Crippen molar-refractivity contribution in [3.8, 4) is 0 Å². The van der Waals surface area contributed by atoms with E-state index in [1.165, 1.54) is 26.4 Å². The minimum Gasteiger partial charge on any atom is -0.468 e. The van der Waals surface area contributed by atoms with E-state index in [4.69, 9.17) is 16.3 Å². The SMILES string of the molecule is COC(=O)[C@@H]1C[C@@H]2CCCC[C@@H]2N1Cc1ncc(Cl)n1C. The number of methoxy groups -OCH3 is 1. The highest BCUT2D eigenvalue weighted by atomic mass is 35.5. The van der Waals surface area contributed by atoms with Crippen molar-refractivity contribution in [3.05, 3.63) is 17.2 Å². The minimum atomic E-state index is -0.140. The van der Waals surface area contributed by atoms with Gasteiger partial charge in [-0.15, -0.1) is 0 Å². The Morgan fingerprint density at radius 2 is 2.24 bits per heavy atom. The van der Waals surface area contributed by atoms with Gasteiger partial charge in [-0.3, -0.25) is 9.69 Å². The molecule has 0 unspecified atom stereocenters. The van der Waals surface area contributed by atoms with Gasteiger partial charge >= 0.3 is 5.97 Å². The van der Waals surface area contributed by atoms with Crippen LogP contribution in [0.4, 0.5) is 0 Å². The number of nitrogens with zero attached hydrogens (tertiary/aromatic N) is 3. The van der Waals surface area contributed by atoms with Gasteiger partial charge in [0.2, 0.25) is 0 Å². The second-order valence-electron chi connectivity index (χ2n) is 6.12. The largest absolute Gasteiger partial charge is 0.468 e. The van der Waals surface area contributed by atoms with Crippen molar-refractivity contribution >= 4 is 17.6 Å². The molecule has 1 aromatic rings. The number of carbonyl (C=O) groups excluding carboxylic acids is 1. The van der Waals surface area contributed by atoms with E-state index < -0.39 is 0 Å². The molecule has 2 heterocycles. The molecule has 0 spiro atoms. The van der Waals surface area contributed by atoms with Crippen LogP contribution in [0.15, 0.2) is 6.20 Å². The topological polar surface area (TPSA) is 47.4 Å². The summed E-state index contributed by atoms with van der Waals surface area (Å²) in [7, 11) is 3.38. The molecule has 5 nitrogen and oxygen atoms in total. The molecule has 21 heavy (non-hydrogen) atoms. The number of aromatic nitrogens is 2. The van der Waals surface area contributed by atoms with E-state index in [1.807, 2.05) is 11.6 Å². The van der Waals surface area contributed by atoms with E-state index in [2.05, 4.69) is 9.88 Å². The summed E-state index contributed by atoms with van der Waals surface area (Å²) in [5, 5.41) is 0.624. The van der Waals surface area contributed by atoms with Crippen molar-refractivity contribution in [2.75, 3.05) is 7.11 Å². The minimum absolute atomic E-state index is 0.121. The molecule has 0 bridgehead atoms. The smallest absolute Gasteiger partial charge is 0.323 e. The highest BCUT2D eigenvalue weighted by Gasteiger charge is 2.45. The first-order chi connectivity index (χ1) is 10.1. The van der Waals surface area contributed by atoms with Crippen LogP contribution in [0.1, 0.15) is 37.9 Å². The zero-order valence-electron chi connectivity index (χ0n) is 12.6. The van der Waals surface area contributed by atoms with Crippen LogP contribution in [0.3, 0.4) is 0 Å². The van der Waals surface area contributed by atoms with Gasteiger partial charge in [0.05, 0.1) is 19.9 Å². The number of hydrogen-bond acceptors (Lipinski definition) is 4. The summed E-state index contributed by atoms with van der Waals surface area (Å²) >= 11 is 6.07. The number of fused-ring (bicyclic) bond motifs is 1. The lowest BCUT2D eigenvalue weighted by Crippen LogP contribution is -2.42. The fourth-order valence-electron chi connectivity index (χ4n) is 3.88. The molecule has 1 saturated heterocycles. The molecule has 0 radical (unpaired) electrons. The van der Waals surface area contributed by atoms with Crippen LogP contribution in [0, 0.1) is 5.92 Å². The second-order valence-corrected chi connectivity index (χ2v) is 6.50. The third-order valence-electron chi connectivity index (χ3n) is 5.05. The molecule has 0 N–H and O–H groups in total. The molecule has 3 rings (SSSR count). The summed E-state index contributed by atoms with van der Waals surface area (Å²) in [5.74, 6) is 1.39. The first kappa shape index (κ1) is 14.9. The molecule has 1 aliphatic carbocycles. The Balaban J connectivity index is 1.84. The van der Waals surface area contributed by atoms with E-state index in [0.29, 0.717) is 23.7 Å². The van der Waals surface area contributed by atoms with Gasteiger partial charge in [-0.1, -0.05) is 24.4 Å². The van der Waals surface area contributed by atoms with Crippen LogP contribution < -0.4 is 0 Å². The first-order valence-electron chi connectivity index (χ1n) is 7.61. The van der Waals surface area contributed by atoms with Crippen LogP contribution >= 0.6 is 11.6 Å². The third-order valence-corrected chi connectivity index (χ3v) is 5.40. The molecule has 1 aromatic heterocycles. The summed E-state index contributed by atoms with van der Waals surface area (Å²) in [6.45, 7) is 0.657. The van der Waals surface area contributed by atoms with Crippen LogP contribution in [-0.4, -0.2) is 39.6 Å². The highest BCUT2D eigenvalue weighted by molar-refractivity contribution is 6.29. The van der Waals surface area contributed by atoms with Gasteiger partial charge in [0.1, 0.15) is 17.0 Å². The quantitative estimate of drug-likeness (QED) is 0.804. The summed E-state index contributed by atoms with van der Waals surface area (Å²) in [6, 6.07) is 0.330. The maximum absolute atomic E-state index is 12.1. The van der Waals surface area contributed by atoms with Crippen LogP contribution in [-0.2, 0) is 23.1 Å². The van der Waals surface area contributed by atoms with Crippen LogP contribution in [0.2, 0.25) is 5.15 Å². The Labute approximate surface area is 130 Å². The van der Waals surface area contributed by atoms with Gasteiger partial charge in [-0.05, 0) is 25.2 Å². The molecule has 1 saturated carbocycles. The molecule has 6 heteroatoms.